The van der Waals surface area contributed by atoms with Crippen molar-refractivity contribution in [1.82, 2.24) is 5.32 Å². The van der Waals surface area contributed by atoms with E-state index in [0.29, 0.717) is 6.54 Å². The maximum atomic E-state index is 11.6. The molecule has 0 radical (unpaired) electrons. The quantitative estimate of drug-likeness (QED) is 0.847. The van der Waals surface area contributed by atoms with Gasteiger partial charge in [0.25, 0.3) is 0 Å². The van der Waals surface area contributed by atoms with Crippen molar-refractivity contribution in [3.8, 4) is 0 Å². The molecule has 0 fully saturated rings. The number of amides is 1. The molecule has 1 atom stereocenters. The highest BCUT2D eigenvalue weighted by molar-refractivity contribution is 9.10. The smallest absolute Gasteiger partial charge is 0.239 e. The van der Waals surface area contributed by atoms with E-state index >= 15 is 0 Å². The van der Waals surface area contributed by atoms with Gasteiger partial charge in [0.05, 0.1) is 6.54 Å². The second kappa shape index (κ2) is 7.33. The molecule has 0 saturated carbocycles. The van der Waals surface area contributed by atoms with Crippen LogP contribution in [0.25, 0.3) is 0 Å². The van der Waals surface area contributed by atoms with Crippen LogP contribution in [0.5, 0.6) is 0 Å². The Labute approximate surface area is 111 Å². The van der Waals surface area contributed by atoms with Crippen molar-refractivity contribution in [3.63, 3.8) is 0 Å². The molecule has 1 aromatic carbocycles. The zero-order valence-electron chi connectivity index (χ0n) is 10.3. The fourth-order valence-electron chi connectivity index (χ4n) is 1.61. The first kappa shape index (κ1) is 14.0. The van der Waals surface area contributed by atoms with Crippen LogP contribution < -0.4 is 10.6 Å². The third-order valence-corrected chi connectivity index (χ3v) is 2.90. The van der Waals surface area contributed by atoms with Crippen LogP contribution in [0, 0.1) is 0 Å². The van der Waals surface area contributed by atoms with Gasteiger partial charge in [-0.25, -0.2) is 0 Å². The van der Waals surface area contributed by atoms with Gasteiger partial charge in [-0.3, -0.25) is 4.79 Å². The molecule has 0 aliphatic rings. The van der Waals surface area contributed by atoms with Gasteiger partial charge < -0.3 is 10.6 Å². The molecule has 1 unspecified atom stereocenters. The zero-order chi connectivity index (χ0) is 12.7. The van der Waals surface area contributed by atoms with Gasteiger partial charge in [-0.1, -0.05) is 35.3 Å². The van der Waals surface area contributed by atoms with Gasteiger partial charge in [0.15, 0.2) is 0 Å². The van der Waals surface area contributed by atoms with Crippen molar-refractivity contribution >= 4 is 27.5 Å². The number of benzene rings is 1. The average molecular weight is 299 g/mol. The lowest BCUT2D eigenvalue weighted by Gasteiger charge is -2.13. The van der Waals surface area contributed by atoms with E-state index in [4.69, 9.17) is 0 Å². The minimum Gasteiger partial charge on any atom is -0.376 e. The van der Waals surface area contributed by atoms with E-state index in [1.54, 1.807) is 0 Å². The molecule has 94 valence electrons. The first-order chi connectivity index (χ1) is 8.11. The largest absolute Gasteiger partial charge is 0.376 e. The van der Waals surface area contributed by atoms with Crippen molar-refractivity contribution in [2.24, 2.45) is 0 Å². The van der Waals surface area contributed by atoms with E-state index in [1.807, 2.05) is 31.2 Å². The summed E-state index contributed by atoms with van der Waals surface area (Å²) in [5.41, 5.74) is 0.942. The first-order valence-electron chi connectivity index (χ1n) is 5.90. The Morgan fingerprint density at radius 3 is 2.88 bits per heavy atom. The number of anilines is 1. The van der Waals surface area contributed by atoms with Crippen LogP contribution in [-0.4, -0.2) is 18.5 Å². The van der Waals surface area contributed by atoms with Crippen LogP contribution >= 0.6 is 15.9 Å². The van der Waals surface area contributed by atoms with E-state index in [0.717, 1.165) is 23.0 Å². The molecule has 0 bridgehead atoms. The number of carbonyl (C=O) groups excluding carboxylic acids is 1. The normalized spacial score (nSPS) is 11.9. The predicted octanol–water partition coefficient (Wildman–Crippen LogP) is 3.17. The summed E-state index contributed by atoms with van der Waals surface area (Å²) in [7, 11) is 0. The summed E-state index contributed by atoms with van der Waals surface area (Å²) in [6.07, 6.45) is 2.10. The van der Waals surface area contributed by atoms with E-state index in [1.165, 1.54) is 0 Å². The molecule has 0 aromatic heterocycles. The molecule has 3 nitrogen and oxygen atoms in total. The summed E-state index contributed by atoms with van der Waals surface area (Å²) in [6.45, 7) is 4.45. The van der Waals surface area contributed by atoms with Gasteiger partial charge >= 0.3 is 0 Å². The summed E-state index contributed by atoms with van der Waals surface area (Å²) in [6, 6.07) is 8.02. The van der Waals surface area contributed by atoms with Crippen LogP contribution in [0.1, 0.15) is 26.7 Å². The lowest BCUT2D eigenvalue weighted by molar-refractivity contribution is -0.120. The van der Waals surface area contributed by atoms with Crippen molar-refractivity contribution in [3.05, 3.63) is 28.7 Å². The molecule has 0 spiro atoms. The van der Waals surface area contributed by atoms with Crippen molar-refractivity contribution in [2.75, 3.05) is 11.9 Å². The van der Waals surface area contributed by atoms with E-state index in [9.17, 15) is 4.79 Å². The minimum absolute atomic E-state index is 0.0333. The monoisotopic (exact) mass is 298 g/mol. The molecule has 2 N–H and O–H groups in total. The molecule has 0 aliphatic carbocycles. The fourth-order valence-corrected chi connectivity index (χ4v) is 2.01. The number of halogens is 1. The molecule has 0 aliphatic heterocycles. The first-order valence-corrected chi connectivity index (χ1v) is 6.70. The summed E-state index contributed by atoms with van der Waals surface area (Å²) in [5, 5.41) is 6.04. The van der Waals surface area contributed by atoms with Gasteiger partial charge in [0.1, 0.15) is 0 Å². The topological polar surface area (TPSA) is 41.1 Å². The van der Waals surface area contributed by atoms with Gasteiger partial charge in [-0.2, -0.15) is 0 Å². The third kappa shape index (κ3) is 5.73. The summed E-state index contributed by atoms with van der Waals surface area (Å²) >= 11 is 3.39. The van der Waals surface area contributed by atoms with Crippen LogP contribution in [0.4, 0.5) is 5.69 Å². The van der Waals surface area contributed by atoms with Gasteiger partial charge in [0, 0.05) is 16.2 Å². The second-order valence-corrected chi connectivity index (χ2v) is 5.04. The van der Waals surface area contributed by atoms with Crippen LogP contribution in [0.15, 0.2) is 28.7 Å². The minimum atomic E-state index is 0.0333. The van der Waals surface area contributed by atoms with Crippen LogP contribution in [0.3, 0.4) is 0 Å². The Morgan fingerprint density at radius 1 is 1.47 bits per heavy atom. The summed E-state index contributed by atoms with van der Waals surface area (Å²) in [4.78, 5) is 11.6. The fraction of sp³-hybridized carbons (Fsp3) is 0.462. The lowest BCUT2D eigenvalue weighted by atomic mass is 10.2. The van der Waals surface area contributed by atoms with Crippen molar-refractivity contribution in [1.29, 1.82) is 0 Å². The Kier molecular flexibility index (Phi) is 6.05. The zero-order valence-corrected chi connectivity index (χ0v) is 11.9. The van der Waals surface area contributed by atoms with Crippen molar-refractivity contribution < 1.29 is 4.79 Å². The summed E-state index contributed by atoms with van der Waals surface area (Å²) in [5.74, 6) is 0.0333. The highest BCUT2D eigenvalue weighted by Crippen LogP contribution is 2.15. The van der Waals surface area contributed by atoms with Crippen LogP contribution in [0.2, 0.25) is 0 Å². The number of rotatable bonds is 6. The number of hydrogen-bond acceptors (Lipinski definition) is 2. The SMILES string of the molecule is CCCC(C)NC(=O)CNc1cccc(Br)c1. The number of nitrogens with one attached hydrogen (secondary N) is 2. The molecular weight excluding hydrogens is 280 g/mol. The van der Waals surface area contributed by atoms with E-state index < -0.39 is 0 Å². The highest BCUT2D eigenvalue weighted by atomic mass is 79.9. The maximum absolute atomic E-state index is 11.6. The van der Waals surface area contributed by atoms with Crippen LogP contribution in [-0.2, 0) is 4.79 Å². The lowest BCUT2D eigenvalue weighted by Crippen LogP contribution is -2.36. The molecule has 1 aromatic rings. The van der Waals surface area contributed by atoms with Gasteiger partial charge in [-0.15, -0.1) is 0 Å². The Bertz CT molecular complexity index is 368. The molecule has 0 saturated heterocycles. The van der Waals surface area contributed by atoms with E-state index in [2.05, 4.69) is 33.5 Å². The molecule has 1 amide bonds. The van der Waals surface area contributed by atoms with Crippen molar-refractivity contribution in [2.45, 2.75) is 32.7 Å². The van der Waals surface area contributed by atoms with Gasteiger partial charge in [0.2, 0.25) is 5.91 Å². The third-order valence-electron chi connectivity index (χ3n) is 2.41. The maximum Gasteiger partial charge on any atom is 0.239 e. The molecule has 4 heteroatoms. The predicted molar refractivity (Wildman–Crippen MR) is 75.1 cm³/mol. The standard InChI is InChI=1S/C13H19BrN2O/c1-3-5-10(2)16-13(17)9-15-12-7-4-6-11(14)8-12/h4,6-8,10,15H,3,5,9H2,1-2H3,(H,16,17). The Hall–Kier alpha value is -1.03. The number of carbonyl (C=O) groups is 1. The average Bonchev–Trinajstić information content (AvgIpc) is 2.27. The number of hydrogen-bond donors (Lipinski definition) is 2. The molecule has 17 heavy (non-hydrogen) atoms. The molecule has 0 heterocycles. The second-order valence-electron chi connectivity index (χ2n) is 4.12. The highest BCUT2D eigenvalue weighted by Gasteiger charge is 2.05. The summed E-state index contributed by atoms with van der Waals surface area (Å²) < 4.78 is 1.00. The Balaban J connectivity index is 2.33. The van der Waals surface area contributed by atoms with E-state index in [-0.39, 0.29) is 11.9 Å². The molecule has 1 rings (SSSR count). The van der Waals surface area contributed by atoms with Gasteiger partial charge in [-0.05, 0) is 31.5 Å². The Morgan fingerprint density at radius 2 is 2.24 bits per heavy atom. The molecular formula is C13H19BrN2O.